The lowest BCUT2D eigenvalue weighted by molar-refractivity contribution is 0.281. The first-order valence-electron chi connectivity index (χ1n) is 2.88. The number of aliphatic hydroxyl groups is 1. The van der Waals surface area contributed by atoms with Gasteiger partial charge in [0.1, 0.15) is 13.7 Å². The molecule has 1 aromatic carbocycles. The summed E-state index contributed by atoms with van der Waals surface area (Å²) in [5, 5.41) is 8.56. The molecule has 1 aromatic rings. The van der Waals surface area contributed by atoms with Crippen molar-refractivity contribution in [2.24, 2.45) is 0 Å². The van der Waals surface area contributed by atoms with E-state index in [2.05, 4.69) is 0 Å². The van der Waals surface area contributed by atoms with Crippen LogP contribution in [0.1, 0.15) is 5.56 Å². The molecule has 0 amide bonds. The van der Waals surface area contributed by atoms with Crippen LogP contribution in [0.15, 0.2) is 18.2 Å². The summed E-state index contributed by atoms with van der Waals surface area (Å²) in [5.74, 6) is -0.413. The van der Waals surface area contributed by atoms with E-state index in [1.54, 1.807) is 0 Å². The Balaban J connectivity index is 3.06. The van der Waals surface area contributed by atoms with Gasteiger partial charge in [-0.1, -0.05) is 11.5 Å². The third-order valence-corrected chi connectivity index (χ3v) is 1.16. The minimum Gasteiger partial charge on any atom is -0.392 e. The fourth-order valence-corrected chi connectivity index (χ4v) is 0.767. The lowest BCUT2D eigenvalue weighted by Crippen LogP contribution is -2.04. The van der Waals surface area contributed by atoms with E-state index < -0.39 is 5.82 Å². The number of aliphatic hydroxyl groups excluding tert-OH is 1. The third-order valence-electron chi connectivity index (χ3n) is 1.16. The zero-order chi connectivity index (χ0) is 7.56. The van der Waals surface area contributed by atoms with E-state index in [1.165, 1.54) is 18.2 Å². The number of hydrogen-bond donors (Lipinski definition) is 1. The second-order valence-electron chi connectivity index (χ2n) is 2.05. The summed E-state index contributed by atoms with van der Waals surface area (Å²) in [4.78, 5) is 0. The van der Waals surface area contributed by atoms with Crippen molar-refractivity contribution in [3.05, 3.63) is 29.6 Å². The third kappa shape index (κ3) is 1.58. The maximum atomic E-state index is 12.4. The number of benzene rings is 1. The lowest BCUT2D eigenvalue weighted by Gasteiger charge is -1.97. The van der Waals surface area contributed by atoms with Crippen LogP contribution in [0, 0.1) is 5.82 Å². The molecule has 0 saturated carbocycles. The second kappa shape index (κ2) is 2.84. The van der Waals surface area contributed by atoms with E-state index in [0.29, 0.717) is 11.0 Å². The molecule has 1 nitrogen and oxygen atoms in total. The van der Waals surface area contributed by atoms with Gasteiger partial charge < -0.3 is 5.11 Å². The van der Waals surface area contributed by atoms with Crippen molar-refractivity contribution in [2.45, 2.75) is 6.61 Å². The molecule has 10 heavy (non-hydrogen) atoms. The summed E-state index contributed by atoms with van der Waals surface area (Å²) in [5.41, 5.74) is 0.835. The zero-order valence-electron chi connectivity index (χ0n) is 5.34. The average molecular weight is 136 g/mol. The lowest BCUT2D eigenvalue weighted by atomic mass is 9.94. The van der Waals surface area contributed by atoms with Gasteiger partial charge in [-0.05, 0) is 17.7 Å². The van der Waals surface area contributed by atoms with E-state index in [4.69, 9.17) is 13.0 Å². The Morgan fingerprint density at radius 1 is 1.40 bits per heavy atom. The Morgan fingerprint density at radius 2 is 2.10 bits per heavy atom. The smallest absolute Gasteiger partial charge is 0.122 e. The highest BCUT2D eigenvalue weighted by molar-refractivity contribution is 6.32. The summed E-state index contributed by atoms with van der Waals surface area (Å²) in [6.07, 6.45) is 0. The Morgan fingerprint density at radius 3 is 2.60 bits per heavy atom. The summed E-state index contributed by atoms with van der Waals surface area (Å²) in [6, 6.07) is 3.98. The van der Waals surface area contributed by atoms with Crippen LogP contribution in [0.4, 0.5) is 4.39 Å². The van der Waals surface area contributed by atoms with E-state index in [9.17, 15) is 4.39 Å². The minimum atomic E-state index is -0.413. The molecule has 50 valence electrons. The van der Waals surface area contributed by atoms with Crippen molar-refractivity contribution < 1.29 is 9.50 Å². The first-order chi connectivity index (χ1) is 4.72. The fraction of sp³-hybridized carbons (Fsp3) is 0.143. The number of rotatable bonds is 1. The van der Waals surface area contributed by atoms with Gasteiger partial charge in [-0.3, -0.25) is 0 Å². The van der Waals surface area contributed by atoms with E-state index >= 15 is 0 Å². The van der Waals surface area contributed by atoms with Gasteiger partial charge in [0, 0.05) is 0 Å². The van der Waals surface area contributed by atoms with Crippen molar-refractivity contribution in [1.82, 2.24) is 0 Å². The molecule has 0 fully saturated rings. The first-order valence-corrected chi connectivity index (χ1v) is 2.88. The quantitative estimate of drug-likeness (QED) is 0.543. The predicted molar refractivity (Wildman–Crippen MR) is 37.7 cm³/mol. The molecular weight excluding hydrogens is 130 g/mol. The van der Waals surface area contributed by atoms with Gasteiger partial charge >= 0.3 is 0 Å². The normalized spacial score (nSPS) is 9.80. The topological polar surface area (TPSA) is 20.2 Å². The van der Waals surface area contributed by atoms with Gasteiger partial charge in [-0.2, -0.15) is 0 Å². The number of halogens is 1. The molecule has 0 heterocycles. The van der Waals surface area contributed by atoms with Crippen LogP contribution in [-0.2, 0) is 6.61 Å². The van der Waals surface area contributed by atoms with Crippen LogP contribution in [-0.4, -0.2) is 13.0 Å². The highest BCUT2D eigenvalue weighted by Gasteiger charge is 1.94. The molecule has 0 aliphatic heterocycles. The Hall–Kier alpha value is -0.825. The van der Waals surface area contributed by atoms with Gasteiger partial charge in [0.2, 0.25) is 0 Å². The van der Waals surface area contributed by atoms with Gasteiger partial charge in [-0.15, -0.1) is 0 Å². The van der Waals surface area contributed by atoms with Crippen LogP contribution in [0.3, 0.4) is 0 Å². The van der Waals surface area contributed by atoms with Crippen molar-refractivity contribution >= 4 is 13.3 Å². The van der Waals surface area contributed by atoms with Crippen LogP contribution in [0.2, 0.25) is 0 Å². The minimum absolute atomic E-state index is 0.179. The van der Waals surface area contributed by atoms with Gasteiger partial charge in [0.15, 0.2) is 0 Å². The highest BCUT2D eigenvalue weighted by atomic mass is 19.1. The van der Waals surface area contributed by atoms with E-state index in [-0.39, 0.29) is 6.61 Å². The molecule has 1 rings (SSSR count). The maximum absolute atomic E-state index is 12.4. The largest absolute Gasteiger partial charge is 0.392 e. The standard InChI is InChI=1S/C7H6BFO/c8-6-1-5(4-10)2-7(9)3-6/h1-3,10H,4H2. The summed E-state index contributed by atoms with van der Waals surface area (Å²) in [6.45, 7) is -0.179. The van der Waals surface area contributed by atoms with E-state index in [1.807, 2.05) is 0 Å². The van der Waals surface area contributed by atoms with Crippen molar-refractivity contribution in [3.63, 3.8) is 0 Å². The first kappa shape index (κ1) is 7.28. The molecule has 0 unspecified atom stereocenters. The molecular formula is C7H6BFO. The van der Waals surface area contributed by atoms with E-state index in [0.717, 1.165) is 0 Å². The Kier molecular flexibility index (Phi) is 2.07. The molecule has 2 radical (unpaired) electrons. The SMILES string of the molecule is [B]c1cc(F)cc(CO)c1. The molecule has 0 saturated heterocycles. The Labute approximate surface area is 59.9 Å². The molecule has 0 bridgehead atoms. The summed E-state index contributed by atoms with van der Waals surface area (Å²) >= 11 is 0. The molecule has 0 aliphatic carbocycles. The monoisotopic (exact) mass is 136 g/mol. The second-order valence-corrected chi connectivity index (χ2v) is 2.05. The molecule has 0 aromatic heterocycles. The summed E-state index contributed by atoms with van der Waals surface area (Å²) in [7, 11) is 5.28. The van der Waals surface area contributed by atoms with Gasteiger partial charge in [0.25, 0.3) is 0 Å². The number of hydrogen-bond acceptors (Lipinski definition) is 1. The molecule has 1 N–H and O–H groups in total. The van der Waals surface area contributed by atoms with Gasteiger partial charge in [-0.25, -0.2) is 4.39 Å². The Bertz CT molecular complexity index is 217. The molecule has 0 atom stereocenters. The van der Waals surface area contributed by atoms with Crippen molar-refractivity contribution in [3.8, 4) is 0 Å². The zero-order valence-corrected chi connectivity index (χ0v) is 5.34. The highest BCUT2D eigenvalue weighted by Crippen LogP contribution is 1.99. The van der Waals surface area contributed by atoms with Crippen LogP contribution in [0.25, 0.3) is 0 Å². The molecule has 0 aliphatic rings. The predicted octanol–water partition coefficient (Wildman–Crippen LogP) is 0.112. The van der Waals surface area contributed by atoms with Crippen molar-refractivity contribution in [1.29, 1.82) is 0 Å². The van der Waals surface area contributed by atoms with Gasteiger partial charge in [0.05, 0.1) is 6.61 Å². The van der Waals surface area contributed by atoms with Crippen LogP contribution in [0.5, 0.6) is 0 Å². The molecule has 3 heteroatoms. The van der Waals surface area contributed by atoms with Crippen LogP contribution < -0.4 is 5.46 Å². The van der Waals surface area contributed by atoms with Crippen molar-refractivity contribution in [2.75, 3.05) is 0 Å². The summed E-state index contributed by atoms with van der Waals surface area (Å²) < 4.78 is 12.4. The maximum Gasteiger partial charge on any atom is 0.122 e. The average Bonchev–Trinajstić information content (AvgIpc) is 1.85. The van der Waals surface area contributed by atoms with Crippen LogP contribution >= 0.6 is 0 Å². The fourth-order valence-electron chi connectivity index (χ4n) is 0.767. The molecule has 0 spiro atoms.